The van der Waals surface area contributed by atoms with E-state index in [4.69, 9.17) is 0 Å². The number of amides is 1. The van der Waals surface area contributed by atoms with Crippen LogP contribution in [0.15, 0.2) is 83.5 Å². The van der Waals surface area contributed by atoms with Gasteiger partial charge < -0.3 is 0 Å². The summed E-state index contributed by atoms with van der Waals surface area (Å²) in [6.45, 7) is 6.02. The van der Waals surface area contributed by atoms with Gasteiger partial charge in [-0.2, -0.15) is 10.1 Å². The molecule has 0 aromatic heterocycles. The quantitative estimate of drug-likeness (QED) is 0.287. The van der Waals surface area contributed by atoms with Crippen LogP contribution >= 0.6 is 0 Å². The lowest BCUT2D eigenvalue weighted by atomic mass is 9.94. The second-order valence-corrected chi connectivity index (χ2v) is 7.86. The smallest absolute Gasteiger partial charge is 0.267 e. The van der Waals surface area contributed by atoms with Gasteiger partial charge in [0.05, 0.1) is 17.0 Å². The van der Waals surface area contributed by atoms with E-state index in [2.05, 4.69) is 49.3 Å². The van der Waals surface area contributed by atoms with Gasteiger partial charge in [-0.15, -0.1) is 0 Å². The number of aryl methyl sites for hydroxylation is 2. The van der Waals surface area contributed by atoms with E-state index in [0.29, 0.717) is 5.57 Å². The lowest BCUT2D eigenvalue weighted by Gasteiger charge is -2.14. The van der Waals surface area contributed by atoms with E-state index in [1.165, 1.54) is 10.6 Å². The Kier molecular flexibility index (Phi) is 4.25. The predicted molar refractivity (Wildman–Crippen MR) is 126 cm³/mol. The van der Waals surface area contributed by atoms with Gasteiger partial charge in [-0.1, -0.05) is 54.6 Å². The highest BCUT2D eigenvalue weighted by molar-refractivity contribution is 6.33. The van der Waals surface area contributed by atoms with Crippen LogP contribution in [-0.4, -0.2) is 11.6 Å². The van der Waals surface area contributed by atoms with Gasteiger partial charge in [0.15, 0.2) is 0 Å². The predicted octanol–water partition coefficient (Wildman–Crippen LogP) is 6.42. The third-order valence-electron chi connectivity index (χ3n) is 5.90. The van der Waals surface area contributed by atoms with Crippen molar-refractivity contribution in [2.45, 2.75) is 20.8 Å². The van der Waals surface area contributed by atoms with Crippen molar-refractivity contribution >= 4 is 44.9 Å². The molecule has 0 fully saturated rings. The topological polar surface area (TPSA) is 32.7 Å². The normalized spacial score (nSPS) is 15.4. The van der Waals surface area contributed by atoms with Crippen molar-refractivity contribution < 1.29 is 4.79 Å². The highest BCUT2D eigenvalue weighted by atomic mass is 16.2. The van der Waals surface area contributed by atoms with Crippen molar-refractivity contribution in [1.29, 1.82) is 0 Å². The van der Waals surface area contributed by atoms with Crippen LogP contribution in [0, 0.1) is 13.8 Å². The molecule has 1 amide bonds. The highest BCUT2D eigenvalue weighted by Crippen LogP contribution is 2.32. The number of benzene rings is 4. The van der Waals surface area contributed by atoms with E-state index in [0.717, 1.165) is 44.1 Å². The molecule has 3 nitrogen and oxygen atoms in total. The van der Waals surface area contributed by atoms with Crippen molar-refractivity contribution in [3.63, 3.8) is 0 Å². The van der Waals surface area contributed by atoms with Gasteiger partial charge in [0.1, 0.15) is 0 Å². The maximum atomic E-state index is 13.3. The lowest BCUT2D eigenvalue weighted by Crippen LogP contribution is -2.21. The Hall–Kier alpha value is -3.72. The van der Waals surface area contributed by atoms with E-state index >= 15 is 0 Å². The summed E-state index contributed by atoms with van der Waals surface area (Å²) in [7, 11) is 0. The van der Waals surface area contributed by atoms with Gasteiger partial charge in [0, 0.05) is 0 Å². The van der Waals surface area contributed by atoms with Gasteiger partial charge >= 0.3 is 0 Å². The maximum absolute atomic E-state index is 13.3. The largest absolute Gasteiger partial charge is 0.280 e. The van der Waals surface area contributed by atoms with Gasteiger partial charge in [-0.3, -0.25) is 4.79 Å². The number of hydrogen-bond donors (Lipinski definition) is 0. The number of carbonyl (C=O) groups is 1. The molecule has 0 N–H and O–H groups in total. The molecule has 5 rings (SSSR count). The van der Waals surface area contributed by atoms with Crippen molar-refractivity contribution in [1.82, 2.24) is 0 Å². The summed E-state index contributed by atoms with van der Waals surface area (Å²) in [6.07, 6.45) is 2.01. The van der Waals surface area contributed by atoms with Crippen LogP contribution in [0.1, 0.15) is 23.6 Å². The first-order chi connectivity index (χ1) is 14.5. The minimum Gasteiger partial charge on any atom is -0.267 e. The Labute approximate surface area is 175 Å². The van der Waals surface area contributed by atoms with Crippen LogP contribution in [0.4, 0.5) is 5.69 Å². The minimum absolute atomic E-state index is 0.0900. The number of nitrogens with zero attached hydrogens (tertiary/aromatic N) is 2. The zero-order valence-corrected chi connectivity index (χ0v) is 17.3. The summed E-state index contributed by atoms with van der Waals surface area (Å²) in [6, 6.07) is 24.8. The summed E-state index contributed by atoms with van der Waals surface area (Å²) in [5, 5.41) is 10.7. The molecule has 146 valence electrons. The molecule has 0 atom stereocenters. The number of rotatable bonds is 2. The van der Waals surface area contributed by atoms with Crippen LogP contribution in [0.5, 0.6) is 0 Å². The molecular weight excluding hydrogens is 368 g/mol. The second kappa shape index (κ2) is 6.96. The SMILES string of the molecule is CC1=NN(c2ccc(C)c(C)c2)C(=O)C1=Cc1c2ccccc2cc2ccccc12. The summed E-state index contributed by atoms with van der Waals surface area (Å²) in [4.78, 5) is 13.3. The monoisotopic (exact) mass is 390 g/mol. The summed E-state index contributed by atoms with van der Waals surface area (Å²) >= 11 is 0. The Morgan fingerprint density at radius 3 is 2.03 bits per heavy atom. The average molecular weight is 390 g/mol. The van der Waals surface area contributed by atoms with Crippen molar-refractivity contribution in [3.05, 3.63) is 95.1 Å². The van der Waals surface area contributed by atoms with E-state index in [9.17, 15) is 4.79 Å². The molecule has 0 unspecified atom stereocenters. The summed E-state index contributed by atoms with van der Waals surface area (Å²) < 4.78 is 0. The van der Waals surface area contributed by atoms with E-state index in [1.54, 1.807) is 0 Å². The molecule has 1 heterocycles. The second-order valence-electron chi connectivity index (χ2n) is 7.86. The van der Waals surface area contributed by atoms with Crippen LogP contribution < -0.4 is 5.01 Å². The van der Waals surface area contributed by atoms with Crippen LogP contribution in [0.25, 0.3) is 27.6 Å². The molecule has 0 bridgehead atoms. The molecule has 4 aromatic carbocycles. The zero-order chi connectivity index (χ0) is 20.8. The summed E-state index contributed by atoms with van der Waals surface area (Å²) in [5.41, 5.74) is 5.57. The molecule has 0 saturated heterocycles. The zero-order valence-electron chi connectivity index (χ0n) is 17.3. The van der Waals surface area contributed by atoms with E-state index in [1.807, 2.05) is 55.5 Å². The van der Waals surface area contributed by atoms with E-state index < -0.39 is 0 Å². The Morgan fingerprint density at radius 1 is 0.767 bits per heavy atom. The fourth-order valence-electron chi connectivity index (χ4n) is 4.07. The van der Waals surface area contributed by atoms with Gasteiger partial charge in [0.2, 0.25) is 0 Å². The Bertz CT molecular complexity index is 1340. The van der Waals surface area contributed by atoms with Crippen molar-refractivity contribution in [2.75, 3.05) is 5.01 Å². The first-order valence-corrected chi connectivity index (χ1v) is 10.1. The number of hydrazone groups is 1. The van der Waals surface area contributed by atoms with Crippen molar-refractivity contribution in [3.8, 4) is 0 Å². The van der Waals surface area contributed by atoms with E-state index in [-0.39, 0.29) is 5.91 Å². The molecule has 0 aliphatic carbocycles. The fourth-order valence-corrected chi connectivity index (χ4v) is 4.07. The molecule has 0 spiro atoms. The number of carbonyl (C=O) groups excluding carboxylic acids is 1. The maximum Gasteiger partial charge on any atom is 0.280 e. The van der Waals surface area contributed by atoms with Crippen LogP contribution in [-0.2, 0) is 4.79 Å². The third kappa shape index (κ3) is 2.91. The van der Waals surface area contributed by atoms with Crippen LogP contribution in [0.2, 0.25) is 0 Å². The van der Waals surface area contributed by atoms with Gasteiger partial charge in [-0.25, -0.2) is 0 Å². The molecule has 0 radical (unpaired) electrons. The lowest BCUT2D eigenvalue weighted by molar-refractivity contribution is -0.114. The van der Waals surface area contributed by atoms with Crippen molar-refractivity contribution in [2.24, 2.45) is 5.10 Å². The Morgan fingerprint density at radius 2 is 1.40 bits per heavy atom. The number of hydrogen-bond acceptors (Lipinski definition) is 2. The first-order valence-electron chi connectivity index (χ1n) is 10.1. The minimum atomic E-state index is -0.0900. The molecule has 1 aliphatic rings. The summed E-state index contributed by atoms with van der Waals surface area (Å²) in [5.74, 6) is -0.0900. The highest BCUT2D eigenvalue weighted by Gasteiger charge is 2.29. The standard InChI is InChI=1S/C27H22N2O/c1-17-12-13-22(14-18(17)2)29-27(30)25(19(3)28-29)16-26-23-10-6-4-8-20(23)15-21-9-5-7-11-24(21)26/h4-16H,1-3H3. The molecule has 4 aromatic rings. The number of fused-ring (bicyclic) bond motifs is 2. The van der Waals surface area contributed by atoms with Gasteiger partial charge in [0.25, 0.3) is 5.91 Å². The number of anilines is 1. The van der Waals surface area contributed by atoms with Gasteiger partial charge in [-0.05, 0) is 83.3 Å². The van der Waals surface area contributed by atoms with Crippen LogP contribution in [0.3, 0.4) is 0 Å². The first kappa shape index (κ1) is 18.3. The molecule has 30 heavy (non-hydrogen) atoms. The third-order valence-corrected chi connectivity index (χ3v) is 5.90. The fraction of sp³-hybridized carbons (Fsp3) is 0.111. The average Bonchev–Trinajstić information content (AvgIpc) is 3.03. The molecule has 0 saturated carbocycles. The molecule has 1 aliphatic heterocycles. The Balaban J connectivity index is 1.68. The molecular formula is C27H22N2O. The molecule has 3 heteroatoms.